The van der Waals surface area contributed by atoms with Gasteiger partial charge in [-0.25, -0.2) is 0 Å². The molecule has 166 valence electrons. The van der Waals surface area contributed by atoms with E-state index >= 15 is 0 Å². The summed E-state index contributed by atoms with van der Waals surface area (Å²) in [5.41, 5.74) is 3.53. The van der Waals surface area contributed by atoms with Crippen LogP contribution in [-0.4, -0.2) is 25.7 Å². The molecule has 3 aromatic rings. The lowest BCUT2D eigenvalue weighted by Crippen LogP contribution is -3.12. The van der Waals surface area contributed by atoms with Gasteiger partial charge in [0.2, 0.25) is 0 Å². The van der Waals surface area contributed by atoms with Gasteiger partial charge in [-0.1, -0.05) is 35.5 Å². The number of nitrogens with one attached hydrogen (secondary N) is 1. The molecule has 0 fully saturated rings. The van der Waals surface area contributed by atoms with Crippen LogP contribution in [-0.2, 0) is 13.0 Å². The monoisotopic (exact) mass is 454 g/mol. The number of hydrogen-bond acceptors (Lipinski definition) is 5. The molecule has 7 nitrogen and oxygen atoms in total. The lowest BCUT2D eigenvalue weighted by Gasteiger charge is -2.36. The molecule has 0 amide bonds. The van der Waals surface area contributed by atoms with E-state index in [1.54, 1.807) is 14.2 Å². The average molecular weight is 455 g/mol. The number of methoxy groups -OCH3 is 2. The highest BCUT2D eigenvalue weighted by atomic mass is 35.5. The summed E-state index contributed by atoms with van der Waals surface area (Å²) in [4.78, 5) is 11.9. The lowest BCUT2D eigenvalue weighted by molar-refractivity contribution is -0.941. The third kappa shape index (κ3) is 4.22. The first kappa shape index (κ1) is 21.9. The molecule has 2 atom stereocenters. The van der Waals surface area contributed by atoms with Gasteiger partial charge in [0.15, 0.2) is 11.5 Å². The molecule has 4 rings (SSSR count). The highest BCUT2D eigenvalue weighted by Gasteiger charge is 2.34. The van der Waals surface area contributed by atoms with Gasteiger partial charge < -0.3 is 19.5 Å². The van der Waals surface area contributed by atoms with Gasteiger partial charge in [0.1, 0.15) is 12.6 Å². The van der Waals surface area contributed by atoms with Gasteiger partial charge in [-0.2, -0.15) is 0 Å². The number of nitro benzene ring substituents is 1. The van der Waals surface area contributed by atoms with Gasteiger partial charge >= 0.3 is 0 Å². The first-order valence-electron chi connectivity index (χ1n) is 10.2. The molecule has 3 aromatic carbocycles. The van der Waals surface area contributed by atoms with Crippen molar-refractivity contribution in [2.75, 3.05) is 20.8 Å². The van der Waals surface area contributed by atoms with E-state index in [0.29, 0.717) is 28.6 Å². The Bertz CT molecular complexity index is 1170. The van der Waals surface area contributed by atoms with Crippen molar-refractivity contribution in [3.8, 4) is 17.2 Å². The molecule has 1 aliphatic heterocycles. The van der Waals surface area contributed by atoms with Crippen LogP contribution >= 0.6 is 11.6 Å². The Morgan fingerprint density at radius 2 is 1.84 bits per heavy atom. The van der Waals surface area contributed by atoms with Crippen molar-refractivity contribution in [2.45, 2.75) is 19.0 Å². The molecule has 0 saturated carbocycles. The fourth-order valence-corrected chi connectivity index (χ4v) is 4.63. The largest absolute Gasteiger partial charge is 0.872 e. The maximum atomic E-state index is 12.5. The fraction of sp³-hybridized carbons (Fsp3) is 0.250. The molecule has 1 unspecified atom stereocenters. The van der Waals surface area contributed by atoms with Gasteiger partial charge in [-0.3, -0.25) is 10.1 Å². The Labute approximate surface area is 190 Å². The highest BCUT2D eigenvalue weighted by molar-refractivity contribution is 6.30. The predicted octanol–water partition coefficient (Wildman–Crippen LogP) is 3.07. The zero-order valence-corrected chi connectivity index (χ0v) is 18.5. The van der Waals surface area contributed by atoms with Crippen molar-refractivity contribution in [3.63, 3.8) is 0 Å². The summed E-state index contributed by atoms with van der Waals surface area (Å²) >= 11 is 6.31. The van der Waals surface area contributed by atoms with E-state index in [9.17, 15) is 15.2 Å². The van der Waals surface area contributed by atoms with Crippen molar-refractivity contribution in [3.05, 3.63) is 92.0 Å². The number of rotatable bonds is 6. The summed E-state index contributed by atoms with van der Waals surface area (Å²) in [5.74, 6) is 1.09. The van der Waals surface area contributed by atoms with Crippen molar-refractivity contribution >= 4 is 17.3 Å². The number of nitro groups is 1. The Morgan fingerprint density at radius 1 is 1.09 bits per heavy atom. The molecular weight excluding hydrogens is 432 g/mol. The van der Waals surface area contributed by atoms with Crippen LogP contribution in [0.5, 0.6) is 17.2 Å². The first-order chi connectivity index (χ1) is 15.4. The minimum absolute atomic E-state index is 0.0814. The van der Waals surface area contributed by atoms with Crippen LogP contribution < -0.4 is 19.5 Å². The second kappa shape index (κ2) is 9.06. The van der Waals surface area contributed by atoms with Gasteiger partial charge in [0.05, 0.1) is 25.7 Å². The number of quaternary nitrogens is 1. The third-order valence-electron chi connectivity index (χ3n) is 5.93. The molecule has 1 aliphatic rings. The minimum Gasteiger partial charge on any atom is -0.872 e. The summed E-state index contributed by atoms with van der Waals surface area (Å²) in [7, 11) is 3.20. The molecule has 0 radical (unpaired) electrons. The zero-order chi connectivity index (χ0) is 22.8. The van der Waals surface area contributed by atoms with Crippen molar-refractivity contribution < 1.29 is 24.4 Å². The Hall–Kier alpha value is -3.29. The number of nitrogens with zero attached hydrogens (tertiary/aromatic N) is 1. The minimum atomic E-state index is -0.477. The molecule has 0 aromatic heterocycles. The number of benzene rings is 3. The van der Waals surface area contributed by atoms with Crippen molar-refractivity contribution in [1.29, 1.82) is 0 Å². The topological polar surface area (TPSA) is 89.1 Å². The lowest BCUT2D eigenvalue weighted by atomic mass is 9.87. The molecule has 1 heterocycles. The summed E-state index contributed by atoms with van der Waals surface area (Å²) in [6, 6.07) is 15.4. The Morgan fingerprint density at radius 3 is 2.53 bits per heavy atom. The average Bonchev–Trinajstić information content (AvgIpc) is 2.79. The molecule has 0 bridgehead atoms. The zero-order valence-electron chi connectivity index (χ0n) is 17.8. The smallest absolute Gasteiger partial charge is 0.269 e. The standard InChI is InChI=1S/C24H23ClN2O5/c1-31-22-12-15-8-9-26(14-17-11-19(27(29)30)6-7-21(17)28)24(20(15)13-23(22)32-2)16-4-3-5-18(25)10-16/h3-7,10-13,24,28H,8-9,14H2,1-2H3/t24-/m1/s1. The van der Waals surface area contributed by atoms with Crippen molar-refractivity contribution in [2.24, 2.45) is 0 Å². The van der Waals surface area contributed by atoms with Gasteiger partial charge in [0, 0.05) is 40.3 Å². The quantitative estimate of drug-likeness (QED) is 0.456. The van der Waals surface area contributed by atoms with Crippen LogP contribution in [0, 0.1) is 10.1 Å². The highest BCUT2D eigenvalue weighted by Crippen LogP contribution is 2.36. The molecule has 1 N–H and O–H groups in total. The third-order valence-corrected chi connectivity index (χ3v) is 6.17. The summed E-state index contributed by atoms with van der Waals surface area (Å²) < 4.78 is 11.0. The van der Waals surface area contributed by atoms with Crippen LogP contribution in [0.15, 0.2) is 54.6 Å². The first-order valence-corrected chi connectivity index (χ1v) is 10.6. The van der Waals surface area contributed by atoms with E-state index in [1.165, 1.54) is 18.2 Å². The van der Waals surface area contributed by atoms with Crippen LogP contribution in [0.3, 0.4) is 0 Å². The van der Waals surface area contributed by atoms with Gasteiger partial charge in [-0.15, -0.1) is 0 Å². The SMILES string of the molecule is COc1cc2c(cc1OC)[C@@H](c1cccc(Cl)c1)[NH+](Cc1cc([N+](=O)[O-])ccc1[O-])CC2. The van der Waals surface area contributed by atoms with E-state index in [4.69, 9.17) is 21.1 Å². The summed E-state index contributed by atoms with van der Waals surface area (Å²) in [6.07, 6.45) is 0.769. The summed E-state index contributed by atoms with van der Waals surface area (Å²) in [6.45, 7) is 1.09. The molecule has 0 saturated heterocycles. The Kier molecular flexibility index (Phi) is 6.21. The summed E-state index contributed by atoms with van der Waals surface area (Å²) in [5, 5.41) is 24.4. The van der Waals surface area contributed by atoms with E-state index in [-0.39, 0.29) is 17.5 Å². The van der Waals surface area contributed by atoms with Crippen LogP contribution in [0.4, 0.5) is 5.69 Å². The predicted molar refractivity (Wildman–Crippen MR) is 119 cm³/mol. The molecule has 0 aliphatic carbocycles. The second-order valence-electron chi connectivity index (χ2n) is 7.78. The van der Waals surface area contributed by atoms with E-state index in [0.717, 1.165) is 34.6 Å². The van der Waals surface area contributed by atoms with Crippen LogP contribution in [0.25, 0.3) is 0 Å². The van der Waals surface area contributed by atoms with Gasteiger partial charge in [0.25, 0.3) is 5.69 Å². The van der Waals surface area contributed by atoms with Crippen LogP contribution in [0.1, 0.15) is 28.3 Å². The van der Waals surface area contributed by atoms with E-state index in [1.807, 2.05) is 36.4 Å². The van der Waals surface area contributed by atoms with E-state index < -0.39 is 4.92 Å². The number of fused-ring (bicyclic) bond motifs is 1. The maximum absolute atomic E-state index is 12.5. The van der Waals surface area contributed by atoms with Crippen LogP contribution in [0.2, 0.25) is 5.02 Å². The van der Waals surface area contributed by atoms with E-state index in [2.05, 4.69) is 0 Å². The molecule has 32 heavy (non-hydrogen) atoms. The number of ether oxygens (including phenoxy) is 2. The molecular formula is C24H23ClN2O5. The maximum Gasteiger partial charge on any atom is 0.269 e. The fourth-order valence-electron chi connectivity index (χ4n) is 4.44. The number of non-ortho nitro benzene ring substituents is 1. The Balaban J connectivity index is 1.81. The molecule has 0 spiro atoms. The normalized spacial score (nSPS) is 17.5. The second-order valence-corrected chi connectivity index (χ2v) is 8.21. The molecule has 8 heteroatoms. The number of hydrogen-bond donors (Lipinski definition) is 1. The van der Waals surface area contributed by atoms with Gasteiger partial charge in [-0.05, 0) is 29.8 Å². The van der Waals surface area contributed by atoms with Crippen molar-refractivity contribution in [1.82, 2.24) is 0 Å². The number of halogens is 1.